The van der Waals surface area contributed by atoms with Crippen molar-refractivity contribution < 1.29 is 18.7 Å². The normalized spacial score (nSPS) is 14.9. The highest BCUT2D eigenvalue weighted by Crippen LogP contribution is 2.40. The third-order valence-corrected chi connectivity index (χ3v) is 6.39. The van der Waals surface area contributed by atoms with Crippen molar-refractivity contribution in [1.29, 1.82) is 0 Å². The summed E-state index contributed by atoms with van der Waals surface area (Å²) < 4.78 is 24.5. The summed E-state index contributed by atoms with van der Waals surface area (Å²) in [6.45, 7) is 4.16. The average Bonchev–Trinajstić information content (AvgIpc) is 2.83. The number of allylic oxidation sites excluding steroid dienone is 1. The molecule has 176 valence electrons. The van der Waals surface area contributed by atoms with Crippen LogP contribution in [-0.2, 0) is 15.3 Å². The Hall–Kier alpha value is -3.59. The van der Waals surface area contributed by atoms with Crippen molar-refractivity contribution in [1.82, 2.24) is 9.97 Å². The fourth-order valence-electron chi connectivity index (χ4n) is 3.90. The van der Waals surface area contributed by atoms with Crippen molar-refractivity contribution in [2.75, 3.05) is 19.0 Å². The van der Waals surface area contributed by atoms with Gasteiger partial charge in [0.2, 0.25) is 0 Å². The minimum absolute atomic E-state index is 0.305. The molecule has 2 N–H and O–H groups in total. The monoisotopic (exact) mass is 481 g/mol. The summed E-state index contributed by atoms with van der Waals surface area (Å²) in [5.41, 5.74) is 2.04. The van der Waals surface area contributed by atoms with Crippen LogP contribution in [0.4, 0.5) is 10.2 Å². The van der Waals surface area contributed by atoms with Gasteiger partial charge in [0.15, 0.2) is 5.16 Å². The van der Waals surface area contributed by atoms with Gasteiger partial charge in [-0.05, 0) is 43.2 Å². The molecule has 2 aromatic carbocycles. The number of carbonyl (C=O) groups is 1. The predicted octanol–water partition coefficient (Wildman–Crippen LogP) is 4.60. The molecule has 1 aliphatic rings. The van der Waals surface area contributed by atoms with Gasteiger partial charge in [0.25, 0.3) is 5.56 Å². The van der Waals surface area contributed by atoms with E-state index in [1.54, 1.807) is 37.3 Å². The molecule has 0 fully saturated rings. The molecule has 1 aromatic heterocycles. The molecule has 4 rings (SSSR count). The number of thioether (sulfide) groups is 1. The van der Waals surface area contributed by atoms with E-state index in [1.807, 2.05) is 19.1 Å². The standard InChI is InChI=1S/C25H24FN3O4S/c1-4-33-17-11-9-15(10-12-17)20-19(24(31)32-3)14(2)27-22-21(20)23(30)29-25(28-22)34-13-16-7-5-6-8-18(16)26/h5-12,20H,4,13H2,1-3H3,(H2,27,28,29,30). The van der Waals surface area contributed by atoms with Gasteiger partial charge in [0.1, 0.15) is 17.4 Å². The number of fused-ring (bicyclic) bond motifs is 1. The maximum Gasteiger partial charge on any atom is 0.336 e. The summed E-state index contributed by atoms with van der Waals surface area (Å²) in [6.07, 6.45) is 0. The van der Waals surface area contributed by atoms with Gasteiger partial charge in [-0.15, -0.1) is 0 Å². The molecule has 7 nitrogen and oxygen atoms in total. The quantitative estimate of drug-likeness (QED) is 0.289. The van der Waals surface area contributed by atoms with Crippen LogP contribution < -0.4 is 15.6 Å². The summed E-state index contributed by atoms with van der Waals surface area (Å²) in [5, 5.41) is 3.43. The summed E-state index contributed by atoms with van der Waals surface area (Å²) in [7, 11) is 1.30. The largest absolute Gasteiger partial charge is 0.494 e. The first-order chi connectivity index (χ1) is 16.4. The Balaban J connectivity index is 1.74. The molecule has 0 saturated carbocycles. The second-order valence-corrected chi connectivity index (χ2v) is 8.57. The minimum atomic E-state index is -0.679. The highest BCUT2D eigenvalue weighted by molar-refractivity contribution is 7.98. The lowest BCUT2D eigenvalue weighted by molar-refractivity contribution is -0.136. The number of carbonyl (C=O) groups excluding carboxylic acids is 1. The molecule has 34 heavy (non-hydrogen) atoms. The Morgan fingerprint density at radius 2 is 1.91 bits per heavy atom. The number of aromatic nitrogens is 2. The number of H-pyrrole nitrogens is 1. The summed E-state index contributed by atoms with van der Waals surface area (Å²) in [4.78, 5) is 33.3. The Morgan fingerprint density at radius 3 is 2.59 bits per heavy atom. The zero-order valence-electron chi connectivity index (χ0n) is 19.0. The van der Waals surface area contributed by atoms with Crippen LogP contribution in [0.2, 0.25) is 0 Å². The molecule has 9 heteroatoms. The maximum absolute atomic E-state index is 14.0. The first-order valence-corrected chi connectivity index (χ1v) is 11.7. The number of esters is 1. The molecular formula is C25H24FN3O4S. The average molecular weight is 482 g/mol. The van der Waals surface area contributed by atoms with Gasteiger partial charge >= 0.3 is 5.97 Å². The van der Waals surface area contributed by atoms with E-state index in [9.17, 15) is 14.0 Å². The first-order valence-electron chi connectivity index (χ1n) is 10.7. The first kappa shape index (κ1) is 23.6. The van der Waals surface area contributed by atoms with Crippen LogP contribution in [0.3, 0.4) is 0 Å². The third-order valence-electron chi connectivity index (χ3n) is 5.47. The Kier molecular flexibility index (Phi) is 7.02. The fraction of sp³-hybridized carbons (Fsp3) is 0.240. The molecule has 1 aliphatic heterocycles. The van der Waals surface area contributed by atoms with Crippen LogP contribution in [0.25, 0.3) is 0 Å². The Labute approximate surface area is 200 Å². The van der Waals surface area contributed by atoms with E-state index in [0.717, 1.165) is 5.56 Å². The van der Waals surface area contributed by atoms with Crippen LogP contribution in [-0.4, -0.2) is 29.7 Å². The topological polar surface area (TPSA) is 93.3 Å². The van der Waals surface area contributed by atoms with E-state index in [-0.39, 0.29) is 11.4 Å². The summed E-state index contributed by atoms with van der Waals surface area (Å²) in [5.74, 6) is -0.186. The molecule has 2 heterocycles. The number of nitrogens with zero attached hydrogens (tertiary/aromatic N) is 1. The number of rotatable bonds is 7. The molecule has 0 bridgehead atoms. The number of benzene rings is 2. The minimum Gasteiger partial charge on any atom is -0.494 e. The van der Waals surface area contributed by atoms with Crippen molar-refractivity contribution in [3.63, 3.8) is 0 Å². The van der Waals surface area contributed by atoms with Crippen LogP contribution in [0.5, 0.6) is 5.75 Å². The van der Waals surface area contributed by atoms with Crippen molar-refractivity contribution >= 4 is 23.5 Å². The predicted molar refractivity (Wildman–Crippen MR) is 129 cm³/mol. The van der Waals surface area contributed by atoms with E-state index >= 15 is 0 Å². The van der Waals surface area contributed by atoms with Crippen molar-refractivity contribution in [2.24, 2.45) is 0 Å². The van der Waals surface area contributed by atoms with Crippen molar-refractivity contribution in [3.05, 3.63) is 92.7 Å². The summed E-state index contributed by atoms with van der Waals surface area (Å²) in [6, 6.07) is 13.7. The number of ether oxygens (including phenoxy) is 2. The van der Waals surface area contributed by atoms with Crippen LogP contribution in [0.15, 0.2) is 69.8 Å². The van der Waals surface area contributed by atoms with Gasteiger partial charge in [0.05, 0.1) is 30.8 Å². The van der Waals surface area contributed by atoms with Crippen LogP contribution in [0, 0.1) is 5.82 Å². The lowest BCUT2D eigenvalue weighted by Crippen LogP contribution is -2.31. The van der Waals surface area contributed by atoms with Gasteiger partial charge in [-0.2, -0.15) is 0 Å². The van der Waals surface area contributed by atoms with Crippen molar-refractivity contribution in [2.45, 2.75) is 30.7 Å². The number of methoxy groups -OCH3 is 1. The molecular weight excluding hydrogens is 457 g/mol. The fourth-order valence-corrected chi connectivity index (χ4v) is 4.74. The number of aromatic amines is 1. The Bertz CT molecular complexity index is 1300. The van der Waals surface area contributed by atoms with Gasteiger partial charge in [-0.1, -0.05) is 42.1 Å². The lowest BCUT2D eigenvalue weighted by atomic mass is 9.82. The van der Waals surface area contributed by atoms with Gasteiger partial charge in [-0.3, -0.25) is 4.79 Å². The van der Waals surface area contributed by atoms with Crippen LogP contribution in [0.1, 0.15) is 36.5 Å². The van der Waals surface area contributed by atoms with E-state index in [1.165, 1.54) is 24.9 Å². The SMILES string of the molecule is CCOc1ccc(C2C(C(=O)OC)=C(C)Nc3nc(SCc4ccccc4F)[nH]c(=O)c32)cc1. The van der Waals surface area contributed by atoms with Crippen molar-refractivity contribution in [3.8, 4) is 5.75 Å². The van der Waals surface area contributed by atoms with E-state index in [0.29, 0.717) is 51.5 Å². The second kappa shape index (κ2) is 10.1. The maximum atomic E-state index is 14.0. The zero-order valence-corrected chi connectivity index (χ0v) is 19.8. The third kappa shape index (κ3) is 4.70. The molecule has 0 radical (unpaired) electrons. The van der Waals surface area contributed by atoms with E-state index in [4.69, 9.17) is 9.47 Å². The molecule has 1 atom stereocenters. The number of nitrogens with one attached hydrogen (secondary N) is 2. The van der Waals surface area contributed by atoms with Gasteiger partial charge < -0.3 is 19.8 Å². The Morgan fingerprint density at radius 1 is 1.18 bits per heavy atom. The highest BCUT2D eigenvalue weighted by atomic mass is 32.2. The van der Waals surface area contributed by atoms with Gasteiger partial charge in [0, 0.05) is 11.4 Å². The number of anilines is 1. The molecule has 0 spiro atoms. The lowest BCUT2D eigenvalue weighted by Gasteiger charge is -2.28. The molecule has 1 unspecified atom stereocenters. The summed E-state index contributed by atoms with van der Waals surface area (Å²) >= 11 is 1.22. The van der Waals surface area contributed by atoms with Gasteiger partial charge in [-0.25, -0.2) is 14.2 Å². The smallest absolute Gasteiger partial charge is 0.336 e. The highest BCUT2D eigenvalue weighted by Gasteiger charge is 2.36. The molecule has 0 aliphatic carbocycles. The number of hydrogen-bond donors (Lipinski definition) is 2. The molecule has 0 saturated heterocycles. The van der Waals surface area contributed by atoms with E-state index in [2.05, 4.69) is 15.3 Å². The number of hydrogen-bond acceptors (Lipinski definition) is 7. The zero-order chi connectivity index (χ0) is 24.2. The molecule has 3 aromatic rings. The van der Waals surface area contributed by atoms with E-state index < -0.39 is 11.9 Å². The number of halogens is 1. The molecule has 0 amide bonds. The van der Waals surface area contributed by atoms with Crippen LogP contribution >= 0.6 is 11.8 Å². The second-order valence-electron chi connectivity index (χ2n) is 7.60.